The van der Waals surface area contributed by atoms with Gasteiger partial charge in [0, 0.05) is 12.1 Å². The molecule has 6 heteroatoms. The van der Waals surface area contributed by atoms with Crippen LogP contribution in [0.4, 0.5) is 18.9 Å². The van der Waals surface area contributed by atoms with Gasteiger partial charge in [-0.3, -0.25) is 10.1 Å². The van der Waals surface area contributed by atoms with Crippen LogP contribution in [0, 0.1) is 15.5 Å². The fourth-order valence-corrected chi connectivity index (χ4v) is 1.26. The Morgan fingerprint density at radius 2 is 1.83 bits per heavy atom. The second kappa shape index (κ2) is 6.18. The van der Waals surface area contributed by atoms with Crippen molar-refractivity contribution in [2.45, 2.75) is 0 Å². The van der Waals surface area contributed by atoms with Gasteiger partial charge in [-0.15, -0.1) is 0 Å². The van der Waals surface area contributed by atoms with Crippen LogP contribution in [0.1, 0.15) is 5.56 Å². The third-order valence-corrected chi connectivity index (χ3v) is 2.51. The monoisotopic (exact) mass is 259 g/mol. The van der Waals surface area contributed by atoms with Crippen LogP contribution < -0.4 is 0 Å². The highest BCUT2D eigenvalue weighted by Gasteiger charge is 2.27. The molecule has 1 rings (SSSR count). The molecule has 3 nitrogen and oxygen atoms in total. The maximum atomic E-state index is 12.6. The molecule has 0 spiro atoms. The van der Waals surface area contributed by atoms with Crippen molar-refractivity contribution >= 4 is 11.8 Å². The maximum Gasteiger partial charge on any atom is 0.270 e. The Balaban J connectivity index is 2.96. The minimum Gasteiger partial charge on any atom is -0.258 e. The van der Waals surface area contributed by atoms with E-state index in [0.717, 1.165) is 6.08 Å². The van der Waals surface area contributed by atoms with Crippen LogP contribution in [0.3, 0.4) is 0 Å². The highest BCUT2D eigenvalue weighted by atomic mass is 19.1. The van der Waals surface area contributed by atoms with E-state index in [9.17, 15) is 23.3 Å². The number of alkyl halides is 3. The number of hydrogen-bond acceptors (Lipinski definition) is 2. The number of nitro benzene ring substituents is 1. The van der Waals surface area contributed by atoms with Gasteiger partial charge in [0.05, 0.1) is 10.3 Å². The Morgan fingerprint density at radius 3 is 2.33 bits per heavy atom. The molecule has 0 aliphatic carbocycles. The molecule has 0 N–H and O–H groups in total. The van der Waals surface area contributed by atoms with Gasteiger partial charge in [0.15, 0.2) is 0 Å². The summed E-state index contributed by atoms with van der Waals surface area (Å²) in [5, 5.41) is 10.5. The first-order valence-electron chi connectivity index (χ1n) is 5.18. The quantitative estimate of drug-likeness (QED) is 0.579. The number of non-ortho nitro benzene ring substituents is 1. The van der Waals surface area contributed by atoms with Gasteiger partial charge in [-0.1, -0.05) is 24.3 Å². The van der Waals surface area contributed by atoms with E-state index in [1.54, 1.807) is 0 Å². The molecule has 1 aromatic carbocycles. The Hall–Kier alpha value is -1.85. The van der Waals surface area contributed by atoms with Gasteiger partial charge in [-0.2, -0.15) is 0 Å². The molecule has 0 radical (unpaired) electrons. The molecule has 0 saturated heterocycles. The first-order chi connectivity index (χ1) is 8.56. The lowest BCUT2D eigenvalue weighted by molar-refractivity contribution is -0.384. The molecule has 0 aliphatic heterocycles. The van der Waals surface area contributed by atoms with E-state index in [2.05, 4.69) is 0 Å². The molecule has 98 valence electrons. The van der Waals surface area contributed by atoms with E-state index >= 15 is 0 Å². The van der Waals surface area contributed by atoms with Gasteiger partial charge in [0.2, 0.25) is 0 Å². The summed E-state index contributed by atoms with van der Waals surface area (Å²) in [7, 11) is 0. The lowest BCUT2D eigenvalue weighted by Crippen LogP contribution is -2.25. The average molecular weight is 259 g/mol. The van der Waals surface area contributed by atoms with E-state index in [1.807, 2.05) is 0 Å². The molecule has 0 amide bonds. The molecule has 0 fully saturated rings. The topological polar surface area (TPSA) is 43.1 Å². The number of allylic oxidation sites excluding steroid dienone is 1. The number of rotatable bonds is 6. The molecule has 18 heavy (non-hydrogen) atoms. The Bertz CT molecular complexity index is 436. The number of nitrogens with zero attached hydrogens (tertiary/aromatic N) is 1. The summed E-state index contributed by atoms with van der Waals surface area (Å²) in [6.45, 7) is -3.48. The molecule has 0 bridgehead atoms. The zero-order valence-corrected chi connectivity index (χ0v) is 9.48. The number of nitro groups is 1. The minimum absolute atomic E-state index is 0.136. The van der Waals surface area contributed by atoms with Gasteiger partial charge >= 0.3 is 0 Å². The Labute approximate surface area is 102 Å². The van der Waals surface area contributed by atoms with E-state index in [1.165, 1.54) is 30.3 Å². The predicted octanol–water partition coefficient (Wildman–Crippen LogP) is 3.50. The van der Waals surface area contributed by atoms with Crippen molar-refractivity contribution in [1.82, 2.24) is 0 Å². The molecule has 0 aromatic heterocycles. The van der Waals surface area contributed by atoms with Crippen LogP contribution in [0.15, 0.2) is 30.3 Å². The van der Waals surface area contributed by atoms with Crippen molar-refractivity contribution < 1.29 is 18.1 Å². The molecule has 0 aliphatic rings. The summed E-state index contributed by atoms with van der Waals surface area (Å²) >= 11 is 0. The van der Waals surface area contributed by atoms with Gasteiger partial charge < -0.3 is 0 Å². The highest BCUT2D eigenvalue weighted by Crippen LogP contribution is 2.24. The largest absolute Gasteiger partial charge is 0.270 e. The van der Waals surface area contributed by atoms with Crippen molar-refractivity contribution in [3.63, 3.8) is 0 Å². The number of halogens is 3. The molecule has 0 heterocycles. The summed E-state index contributed by atoms with van der Waals surface area (Å²) in [5.74, 6) is 0. The lowest BCUT2D eigenvalue weighted by Gasteiger charge is -2.19. The normalized spacial score (nSPS) is 11.9. The van der Waals surface area contributed by atoms with E-state index in [0.29, 0.717) is 5.56 Å². The fourth-order valence-electron chi connectivity index (χ4n) is 1.26. The third kappa shape index (κ3) is 3.32. The zero-order chi connectivity index (χ0) is 13.6. The molecule has 0 unspecified atom stereocenters. The minimum atomic E-state index is -1.79. The second-order valence-electron chi connectivity index (χ2n) is 3.95. The van der Waals surface area contributed by atoms with Crippen LogP contribution in [-0.2, 0) is 0 Å². The molecule has 0 atom stereocenters. The van der Waals surface area contributed by atoms with Gasteiger partial charge in [-0.25, -0.2) is 13.2 Å². The van der Waals surface area contributed by atoms with Crippen molar-refractivity contribution in [2.24, 2.45) is 5.41 Å². The first kappa shape index (κ1) is 14.2. The van der Waals surface area contributed by atoms with Gasteiger partial charge in [-0.05, 0) is 5.56 Å². The summed E-state index contributed by atoms with van der Waals surface area (Å²) in [4.78, 5) is 9.94. The maximum absolute atomic E-state index is 12.6. The average Bonchev–Trinajstić information content (AvgIpc) is 2.41. The first-order valence-corrected chi connectivity index (χ1v) is 5.18. The highest BCUT2D eigenvalue weighted by molar-refractivity contribution is 5.54. The van der Waals surface area contributed by atoms with E-state index < -0.39 is 30.4 Å². The summed E-state index contributed by atoms with van der Waals surface area (Å²) in [6, 6.07) is 5.52. The van der Waals surface area contributed by atoms with Crippen molar-refractivity contribution in [2.75, 3.05) is 20.0 Å². The van der Waals surface area contributed by atoms with Crippen molar-refractivity contribution in [3.8, 4) is 0 Å². The van der Waals surface area contributed by atoms with Crippen molar-refractivity contribution in [3.05, 3.63) is 46.0 Å². The van der Waals surface area contributed by atoms with E-state index in [4.69, 9.17) is 0 Å². The summed E-state index contributed by atoms with van der Waals surface area (Å²) < 4.78 is 37.8. The van der Waals surface area contributed by atoms with Gasteiger partial charge in [0.25, 0.3) is 5.69 Å². The SMILES string of the molecule is O=[N+]([O-])c1cccc(/C=C/C(CF)(CF)CF)c1. The van der Waals surface area contributed by atoms with Crippen LogP contribution in [-0.4, -0.2) is 24.9 Å². The van der Waals surface area contributed by atoms with E-state index in [-0.39, 0.29) is 5.69 Å². The van der Waals surface area contributed by atoms with Crippen LogP contribution in [0.5, 0.6) is 0 Å². The smallest absolute Gasteiger partial charge is 0.258 e. The fraction of sp³-hybridized carbons (Fsp3) is 0.333. The Morgan fingerprint density at radius 1 is 1.22 bits per heavy atom. The lowest BCUT2D eigenvalue weighted by atomic mass is 9.92. The van der Waals surface area contributed by atoms with Crippen LogP contribution in [0.25, 0.3) is 6.08 Å². The summed E-state index contributed by atoms with van der Waals surface area (Å²) in [5.41, 5.74) is -1.53. The third-order valence-electron chi connectivity index (χ3n) is 2.51. The summed E-state index contributed by atoms with van der Waals surface area (Å²) in [6.07, 6.45) is 2.36. The van der Waals surface area contributed by atoms with Gasteiger partial charge in [0.1, 0.15) is 20.0 Å². The Kier molecular flexibility index (Phi) is 4.88. The standard InChI is InChI=1S/C12H12F3NO2/c13-7-12(8-14,9-15)5-4-10-2-1-3-11(6-10)16(17)18/h1-6H,7-9H2/b5-4+. The second-order valence-corrected chi connectivity index (χ2v) is 3.95. The van der Waals surface area contributed by atoms with Crippen molar-refractivity contribution in [1.29, 1.82) is 0 Å². The number of benzene rings is 1. The predicted molar refractivity (Wildman–Crippen MR) is 62.5 cm³/mol. The molecular weight excluding hydrogens is 247 g/mol. The molecule has 1 aromatic rings. The van der Waals surface area contributed by atoms with Crippen LogP contribution in [0.2, 0.25) is 0 Å². The zero-order valence-electron chi connectivity index (χ0n) is 9.48. The molecular formula is C12H12F3NO2. The molecule has 0 saturated carbocycles. The number of hydrogen-bond donors (Lipinski definition) is 0. The van der Waals surface area contributed by atoms with Crippen LogP contribution >= 0.6 is 0 Å².